The van der Waals surface area contributed by atoms with Crippen molar-refractivity contribution in [2.75, 3.05) is 13.1 Å². The molecule has 2 rings (SSSR count). The van der Waals surface area contributed by atoms with Gasteiger partial charge in [-0.2, -0.15) is 0 Å². The van der Waals surface area contributed by atoms with Crippen molar-refractivity contribution in [2.45, 2.75) is 32.3 Å². The van der Waals surface area contributed by atoms with Crippen LogP contribution in [0.25, 0.3) is 0 Å². The number of nitrogens with one attached hydrogen (secondary N) is 1. The monoisotopic (exact) mass is 226 g/mol. The van der Waals surface area contributed by atoms with E-state index in [1.165, 1.54) is 12.8 Å². The van der Waals surface area contributed by atoms with E-state index in [9.17, 15) is 5.11 Å². The third-order valence-corrected chi connectivity index (χ3v) is 4.00. The normalized spacial score (nSPS) is 20.4. The van der Waals surface area contributed by atoms with Crippen LogP contribution in [0.2, 0.25) is 0 Å². The predicted octanol–water partition coefficient (Wildman–Crippen LogP) is 1.87. The summed E-state index contributed by atoms with van der Waals surface area (Å²) in [6.45, 7) is 4.15. The standard InChI is InChI=1S/C11H18N2OS/c1-8-7-15-11(13-8)10(14)6-9-2-4-12-5-3-9/h7,9-10,12,14H,2-6H2,1H3. The van der Waals surface area contributed by atoms with Gasteiger partial charge in [0.15, 0.2) is 0 Å². The Labute approximate surface area is 94.5 Å². The average Bonchev–Trinajstić information content (AvgIpc) is 2.66. The minimum Gasteiger partial charge on any atom is -0.386 e. The molecular formula is C11H18N2OS. The van der Waals surface area contributed by atoms with Crippen molar-refractivity contribution < 1.29 is 5.11 Å². The van der Waals surface area contributed by atoms with Gasteiger partial charge >= 0.3 is 0 Å². The van der Waals surface area contributed by atoms with E-state index in [-0.39, 0.29) is 6.10 Å². The van der Waals surface area contributed by atoms with E-state index in [2.05, 4.69) is 10.3 Å². The first kappa shape index (κ1) is 11.0. The lowest BCUT2D eigenvalue weighted by molar-refractivity contribution is 0.133. The summed E-state index contributed by atoms with van der Waals surface area (Å²) < 4.78 is 0. The molecule has 0 amide bonds. The molecule has 2 heterocycles. The zero-order chi connectivity index (χ0) is 10.7. The van der Waals surface area contributed by atoms with Gasteiger partial charge in [0, 0.05) is 11.1 Å². The molecule has 0 saturated carbocycles. The van der Waals surface area contributed by atoms with Crippen LogP contribution < -0.4 is 5.32 Å². The maximum Gasteiger partial charge on any atom is 0.121 e. The molecular weight excluding hydrogens is 208 g/mol. The van der Waals surface area contributed by atoms with Gasteiger partial charge in [-0.3, -0.25) is 0 Å². The molecule has 84 valence electrons. The Hall–Kier alpha value is -0.450. The third kappa shape index (κ3) is 3.00. The number of rotatable bonds is 3. The minimum absolute atomic E-state index is 0.355. The minimum atomic E-state index is -0.355. The second-order valence-corrected chi connectivity index (χ2v) is 5.16. The molecule has 1 aromatic rings. The van der Waals surface area contributed by atoms with Crippen LogP contribution in [0, 0.1) is 12.8 Å². The summed E-state index contributed by atoms with van der Waals surface area (Å²) in [5.41, 5.74) is 1.01. The first-order valence-electron chi connectivity index (χ1n) is 5.56. The number of aromatic nitrogens is 1. The molecule has 1 aliphatic rings. The van der Waals surface area contributed by atoms with E-state index >= 15 is 0 Å². The van der Waals surface area contributed by atoms with Gasteiger partial charge in [-0.1, -0.05) is 0 Å². The predicted molar refractivity (Wildman–Crippen MR) is 62.0 cm³/mol. The summed E-state index contributed by atoms with van der Waals surface area (Å²) in [5, 5.41) is 16.2. The van der Waals surface area contributed by atoms with Crippen LogP contribution in [0.15, 0.2) is 5.38 Å². The van der Waals surface area contributed by atoms with E-state index in [1.807, 2.05) is 12.3 Å². The van der Waals surface area contributed by atoms with Crippen molar-refractivity contribution in [1.29, 1.82) is 0 Å². The fraction of sp³-hybridized carbons (Fsp3) is 0.727. The molecule has 15 heavy (non-hydrogen) atoms. The molecule has 4 heteroatoms. The largest absolute Gasteiger partial charge is 0.386 e. The first-order chi connectivity index (χ1) is 7.25. The van der Waals surface area contributed by atoms with Crippen molar-refractivity contribution in [3.63, 3.8) is 0 Å². The maximum atomic E-state index is 10.0. The number of aryl methyl sites for hydroxylation is 1. The summed E-state index contributed by atoms with van der Waals surface area (Å²) in [4.78, 5) is 4.33. The van der Waals surface area contributed by atoms with Crippen LogP contribution in [-0.4, -0.2) is 23.2 Å². The lowest BCUT2D eigenvalue weighted by Gasteiger charge is -2.24. The van der Waals surface area contributed by atoms with Gasteiger partial charge in [0.25, 0.3) is 0 Å². The summed E-state index contributed by atoms with van der Waals surface area (Å²) in [7, 11) is 0. The highest BCUT2D eigenvalue weighted by atomic mass is 32.1. The molecule has 3 nitrogen and oxygen atoms in total. The second kappa shape index (κ2) is 5.05. The molecule has 0 aliphatic carbocycles. The van der Waals surface area contributed by atoms with E-state index in [1.54, 1.807) is 11.3 Å². The summed E-state index contributed by atoms with van der Waals surface area (Å²) >= 11 is 1.57. The molecule has 1 fully saturated rings. The van der Waals surface area contributed by atoms with Crippen molar-refractivity contribution in [2.24, 2.45) is 5.92 Å². The molecule has 1 unspecified atom stereocenters. The van der Waals surface area contributed by atoms with Gasteiger partial charge in [0.05, 0.1) is 0 Å². The number of piperidine rings is 1. The highest BCUT2D eigenvalue weighted by Gasteiger charge is 2.19. The van der Waals surface area contributed by atoms with Crippen LogP contribution in [0.4, 0.5) is 0 Å². The molecule has 1 saturated heterocycles. The zero-order valence-electron chi connectivity index (χ0n) is 9.07. The SMILES string of the molecule is Cc1csc(C(O)CC2CCNCC2)n1. The second-order valence-electron chi connectivity index (χ2n) is 4.27. The fourth-order valence-corrected chi connectivity index (χ4v) is 2.85. The van der Waals surface area contributed by atoms with Crippen LogP contribution in [0.5, 0.6) is 0 Å². The number of thiazole rings is 1. The van der Waals surface area contributed by atoms with Gasteiger partial charge in [-0.05, 0) is 45.2 Å². The van der Waals surface area contributed by atoms with Gasteiger partial charge < -0.3 is 10.4 Å². The van der Waals surface area contributed by atoms with Crippen LogP contribution in [-0.2, 0) is 0 Å². The fourth-order valence-electron chi connectivity index (χ4n) is 2.06. The van der Waals surface area contributed by atoms with Crippen molar-refractivity contribution in [3.8, 4) is 0 Å². The number of aliphatic hydroxyl groups is 1. The van der Waals surface area contributed by atoms with Crippen LogP contribution >= 0.6 is 11.3 Å². The zero-order valence-corrected chi connectivity index (χ0v) is 9.89. The Bertz CT molecular complexity index is 307. The molecule has 0 radical (unpaired) electrons. The molecule has 0 bridgehead atoms. The number of hydrogen-bond donors (Lipinski definition) is 2. The molecule has 0 spiro atoms. The average molecular weight is 226 g/mol. The molecule has 1 aromatic heterocycles. The summed E-state index contributed by atoms with van der Waals surface area (Å²) in [6.07, 6.45) is 2.88. The number of hydrogen-bond acceptors (Lipinski definition) is 4. The molecule has 1 atom stereocenters. The smallest absolute Gasteiger partial charge is 0.121 e. The van der Waals surface area contributed by atoms with Crippen molar-refractivity contribution in [1.82, 2.24) is 10.3 Å². The van der Waals surface area contributed by atoms with Gasteiger partial charge in [-0.25, -0.2) is 4.98 Å². The van der Waals surface area contributed by atoms with Crippen molar-refractivity contribution >= 4 is 11.3 Å². The quantitative estimate of drug-likeness (QED) is 0.827. The van der Waals surface area contributed by atoms with Crippen LogP contribution in [0.1, 0.15) is 36.1 Å². The van der Waals surface area contributed by atoms with Gasteiger partial charge in [-0.15, -0.1) is 11.3 Å². The number of aliphatic hydroxyl groups excluding tert-OH is 1. The molecule has 2 N–H and O–H groups in total. The lowest BCUT2D eigenvalue weighted by Crippen LogP contribution is -2.28. The summed E-state index contributed by atoms with van der Waals surface area (Å²) in [6, 6.07) is 0. The summed E-state index contributed by atoms with van der Waals surface area (Å²) in [5.74, 6) is 0.658. The van der Waals surface area contributed by atoms with Crippen molar-refractivity contribution in [3.05, 3.63) is 16.1 Å². The lowest BCUT2D eigenvalue weighted by atomic mass is 9.92. The Balaban J connectivity index is 1.88. The van der Waals surface area contributed by atoms with E-state index in [4.69, 9.17) is 0 Å². The number of nitrogens with zero attached hydrogens (tertiary/aromatic N) is 1. The topological polar surface area (TPSA) is 45.1 Å². The van der Waals surface area contributed by atoms with Gasteiger partial charge in [0.1, 0.15) is 11.1 Å². The van der Waals surface area contributed by atoms with E-state index in [0.29, 0.717) is 5.92 Å². The van der Waals surface area contributed by atoms with Crippen LogP contribution in [0.3, 0.4) is 0 Å². The Morgan fingerprint density at radius 2 is 2.33 bits per heavy atom. The Morgan fingerprint density at radius 1 is 1.60 bits per heavy atom. The molecule has 1 aliphatic heterocycles. The third-order valence-electron chi connectivity index (χ3n) is 2.94. The highest BCUT2D eigenvalue weighted by molar-refractivity contribution is 7.09. The Kier molecular flexibility index (Phi) is 3.72. The Morgan fingerprint density at radius 3 is 2.93 bits per heavy atom. The molecule has 0 aromatic carbocycles. The first-order valence-corrected chi connectivity index (χ1v) is 6.44. The van der Waals surface area contributed by atoms with E-state index < -0.39 is 0 Å². The van der Waals surface area contributed by atoms with Gasteiger partial charge in [0.2, 0.25) is 0 Å². The highest BCUT2D eigenvalue weighted by Crippen LogP contribution is 2.27. The van der Waals surface area contributed by atoms with E-state index in [0.717, 1.165) is 30.2 Å². The maximum absolute atomic E-state index is 10.0.